The van der Waals surface area contributed by atoms with E-state index in [1.54, 1.807) is 0 Å². The Balaban J connectivity index is 1.83. The molecule has 1 aromatic rings. The summed E-state index contributed by atoms with van der Waals surface area (Å²) in [7, 11) is 0. The van der Waals surface area contributed by atoms with Crippen LogP contribution in [0.25, 0.3) is 0 Å². The third kappa shape index (κ3) is 1.50. The van der Waals surface area contributed by atoms with Crippen LogP contribution in [0.4, 0.5) is 5.69 Å². The molecule has 1 heteroatoms. The normalized spacial score (nSPS) is 21.8. The smallest absolute Gasteiger partial charge is 0.0561 e. The number of hydrogen-bond donors (Lipinski definition) is 0. The molecular weight excluding hydrogens is 194 g/mol. The van der Waals surface area contributed by atoms with Crippen LogP contribution in [0.15, 0.2) is 24.3 Å². The lowest BCUT2D eigenvalue weighted by molar-refractivity contribution is 0.923. The molecule has 82 valence electrons. The van der Waals surface area contributed by atoms with E-state index in [-0.39, 0.29) is 5.41 Å². The second-order valence-electron chi connectivity index (χ2n) is 4.97. The maximum absolute atomic E-state index is 5.60. The second kappa shape index (κ2) is 3.56. The van der Waals surface area contributed by atoms with Gasteiger partial charge in [-0.05, 0) is 43.4 Å². The molecule has 1 saturated heterocycles. The molecule has 2 fully saturated rings. The van der Waals surface area contributed by atoms with Gasteiger partial charge in [-0.25, -0.2) is 0 Å². The van der Waals surface area contributed by atoms with E-state index in [1.165, 1.54) is 37.2 Å². The summed E-state index contributed by atoms with van der Waals surface area (Å²) in [6.45, 7) is 2.42. The summed E-state index contributed by atoms with van der Waals surface area (Å²) in [6.07, 6.45) is 10.6. The number of benzene rings is 1. The van der Waals surface area contributed by atoms with Crippen molar-refractivity contribution in [1.29, 1.82) is 0 Å². The fourth-order valence-corrected chi connectivity index (χ4v) is 2.61. The lowest BCUT2D eigenvalue weighted by atomic mass is 9.97. The molecule has 1 aliphatic carbocycles. The van der Waals surface area contributed by atoms with Crippen LogP contribution < -0.4 is 4.90 Å². The van der Waals surface area contributed by atoms with E-state index in [4.69, 9.17) is 6.42 Å². The number of terminal acetylenes is 1. The number of rotatable bonds is 2. The van der Waals surface area contributed by atoms with Crippen molar-refractivity contribution >= 4 is 5.69 Å². The minimum absolute atomic E-state index is 0.0868. The largest absolute Gasteiger partial charge is 0.372 e. The molecule has 0 unspecified atom stereocenters. The third-order valence-electron chi connectivity index (χ3n) is 3.92. The van der Waals surface area contributed by atoms with Gasteiger partial charge in [0.2, 0.25) is 0 Å². The van der Waals surface area contributed by atoms with Gasteiger partial charge in [-0.2, -0.15) is 0 Å². The van der Waals surface area contributed by atoms with Gasteiger partial charge < -0.3 is 4.90 Å². The van der Waals surface area contributed by atoms with Crippen LogP contribution in [0, 0.1) is 12.3 Å². The lowest BCUT2D eigenvalue weighted by Crippen LogP contribution is -2.17. The average Bonchev–Trinajstić information content (AvgIpc) is 2.96. The monoisotopic (exact) mass is 211 g/mol. The van der Waals surface area contributed by atoms with E-state index in [2.05, 4.69) is 35.1 Å². The number of hydrogen-bond acceptors (Lipinski definition) is 1. The Bertz CT molecular complexity index is 414. The van der Waals surface area contributed by atoms with Gasteiger partial charge >= 0.3 is 0 Å². The summed E-state index contributed by atoms with van der Waals surface area (Å²) in [6, 6.07) is 8.91. The summed E-state index contributed by atoms with van der Waals surface area (Å²) in [5.74, 6) is 2.94. The fraction of sp³-hybridized carbons (Fsp3) is 0.467. The molecule has 0 spiro atoms. The van der Waals surface area contributed by atoms with Crippen LogP contribution in [0.1, 0.15) is 31.2 Å². The van der Waals surface area contributed by atoms with Gasteiger partial charge in [-0.3, -0.25) is 0 Å². The van der Waals surface area contributed by atoms with Gasteiger partial charge in [0, 0.05) is 18.8 Å². The van der Waals surface area contributed by atoms with Crippen LogP contribution in [0.5, 0.6) is 0 Å². The molecule has 0 aromatic heterocycles. The molecule has 1 saturated carbocycles. The molecule has 1 heterocycles. The van der Waals surface area contributed by atoms with Gasteiger partial charge in [0.1, 0.15) is 0 Å². The van der Waals surface area contributed by atoms with Crippen molar-refractivity contribution in [2.24, 2.45) is 0 Å². The van der Waals surface area contributed by atoms with Gasteiger partial charge in [-0.15, -0.1) is 6.42 Å². The Kier molecular flexibility index (Phi) is 2.17. The van der Waals surface area contributed by atoms with Gasteiger partial charge in [0.25, 0.3) is 0 Å². The zero-order chi connectivity index (χ0) is 11.0. The molecule has 1 aromatic carbocycles. The van der Waals surface area contributed by atoms with E-state index in [1.807, 2.05) is 0 Å². The first-order valence-electron chi connectivity index (χ1n) is 6.17. The van der Waals surface area contributed by atoms with Gasteiger partial charge in [0.05, 0.1) is 5.41 Å². The van der Waals surface area contributed by atoms with E-state index in [0.717, 1.165) is 12.8 Å². The molecule has 0 radical (unpaired) electrons. The van der Waals surface area contributed by atoms with Crippen molar-refractivity contribution in [2.45, 2.75) is 31.1 Å². The van der Waals surface area contributed by atoms with Crippen molar-refractivity contribution in [3.63, 3.8) is 0 Å². The molecule has 2 aliphatic rings. The maximum atomic E-state index is 5.60. The highest BCUT2D eigenvalue weighted by atomic mass is 15.1. The Morgan fingerprint density at radius 3 is 2.19 bits per heavy atom. The van der Waals surface area contributed by atoms with Gasteiger partial charge in [-0.1, -0.05) is 18.1 Å². The first kappa shape index (κ1) is 9.78. The lowest BCUT2D eigenvalue weighted by Gasteiger charge is -2.18. The quantitative estimate of drug-likeness (QED) is 0.680. The second-order valence-corrected chi connectivity index (χ2v) is 4.97. The van der Waals surface area contributed by atoms with Crippen LogP contribution >= 0.6 is 0 Å². The molecule has 3 rings (SSSR count). The van der Waals surface area contributed by atoms with Crippen molar-refractivity contribution in [2.75, 3.05) is 18.0 Å². The third-order valence-corrected chi connectivity index (χ3v) is 3.92. The van der Waals surface area contributed by atoms with Crippen molar-refractivity contribution < 1.29 is 0 Å². The fourth-order valence-electron chi connectivity index (χ4n) is 2.61. The van der Waals surface area contributed by atoms with E-state index in [9.17, 15) is 0 Å². The topological polar surface area (TPSA) is 3.24 Å². The van der Waals surface area contributed by atoms with Crippen molar-refractivity contribution in [3.05, 3.63) is 29.8 Å². The first-order valence-corrected chi connectivity index (χ1v) is 6.17. The molecule has 0 bridgehead atoms. The van der Waals surface area contributed by atoms with Crippen LogP contribution in [0.3, 0.4) is 0 Å². The van der Waals surface area contributed by atoms with E-state index in [0.29, 0.717) is 0 Å². The predicted molar refractivity (Wildman–Crippen MR) is 67.6 cm³/mol. The van der Waals surface area contributed by atoms with Crippen LogP contribution in [-0.2, 0) is 5.41 Å². The Hall–Kier alpha value is -1.42. The van der Waals surface area contributed by atoms with Gasteiger partial charge in [0.15, 0.2) is 0 Å². The zero-order valence-corrected chi connectivity index (χ0v) is 9.58. The molecular formula is C15H17N. The van der Waals surface area contributed by atoms with Crippen LogP contribution in [0.2, 0.25) is 0 Å². The summed E-state index contributed by atoms with van der Waals surface area (Å²) in [5, 5.41) is 0. The highest BCUT2D eigenvalue weighted by Crippen LogP contribution is 2.47. The molecule has 1 nitrogen and oxygen atoms in total. The van der Waals surface area contributed by atoms with Crippen LogP contribution in [-0.4, -0.2) is 13.1 Å². The molecule has 0 N–H and O–H groups in total. The SMILES string of the molecule is C#CC1(c2ccc(N3CCCC3)cc2)CC1. The van der Waals surface area contributed by atoms with Crippen molar-refractivity contribution in [3.8, 4) is 12.3 Å². The number of nitrogens with zero attached hydrogens (tertiary/aromatic N) is 1. The minimum Gasteiger partial charge on any atom is -0.372 e. The summed E-state index contributed by atoms with van der Waals surface area (Å²) in [4.78, 5) is 2.46. The standard InChI is InChI=1S/C15H17N/c1-2-15(9-10-15)13-5-7-14(8-6-13)16-11-3-4-12-16/h1,5-8H,3-4,9-12H2. The Morgan fingerprint density at radius 2 is 1.69 bits per heavy atom. The summed E-state index contributed by atoms with van der Waals surface area (Å²) in [5.41, 5.74) is 2.77. The van der Waals surface area contributed by atoms with Crippen molar-refractivity contribution in [1.82, 2.24) is 0 Å². The Morgan fingerprint density at radius 1 is 1.06 bits per heavy atom. The minimum atomic E-state index is 0.0868. The predicted octanol–water partition coefficient (Wildman–Crippen LogP) is 2.95. The molecule has 16 heavy (non-hydrogen) atoms. The number of anilines is 1. The average molecular weight is 211 g/mol. The zero-order valence-electron chi connectivity index (χ0n) is 9.58. The summed E-state index contributed by atoms with van der Waals surface area (Å²) < 4.78 is 0. The van der Waals surface area contributed by atoms with E-state index < -0.39 is 0 Å². The summed E-state index contributed by atoms with van der Waals surface area (Å²) >= 11 is 0. The Labute approximate surface area is 97.5 Å². The molecule has 0 atom stereocenters. The first-order chi connectivity index (χ1) is 7.84. The molecule has 1 aliphatic heterocycles. The highest BCUT2D eigenvalue weighted by Gasteiger charge is 2.42. The maximum Gasteiger partial charge on any atom is 0.0561 e. The highest BCUT2D eigenvalue weighted by molar-refractivity contribution is 5.52. The van der Waals surface area contributed by atoms with E-state index >= 15 is 0 Å². The molecule has 0 amide bonds.